The van der Waals surface area contributed by atoms with E-state index in [9.17, 15) is 10.0 Å². The van der Waals surface area contributed by atoms with Gasteiger partial charge in [0.1, 0.15) is 0 Å². The van der Waals surface area contributed by atoms with Gasteiger partial charge in [-0.2, -0.15) is 0 Å². The fourth-order valence-corrected chi connectivity index (χ4v) is 2.30. The van der Waals surface area contributed by atoms with E-state index in [4.69, 9.17) is 11.6 Å². The third-order valence-electron chi connectivity index (χ3n) is 3.05. The number of benzene rings is 1. The molecule has 1 aromatic carbocycles. The lowest BCUT2D eigenvalue weighted by Gasteiger charge is -2.05. The minimum Gasteiger partial charge on any atom is -0.493 e. The van der Waals surface area contributed by atoms with Crippen molar-refractivity contribution in [2.75, 3.05) is 0 Å². The molecule has 0 fully saturated rings. The van der Waals surface area contributed by atoms with Gasteiger partial charge < -0.3 is 9.67 Å². The summed E-state index contributed by atoms with van der Waals surface area (Å²) >= 11 is 5.90. The Morgan fingerprint density at radius 1 is 1.39 bits per heavy atom. The molecule has 18 heavy (non-hydrogen) atoms. The molecular weight excluding hydrogens is 252 g/mol. The van der Waals surface area contributed by atoms with Crippen LogP contribution in [0.4, 0.5) is 5.69 Å². The van der Waals surface area contributed by atoms with Crippen LogP contribution in [0, 0.1) is 4.91 Å². The van der Waals surface area contributed by atoms with Crippen molar-refractivity contribution >= 4 is 28.2 Å². The average molecular weight is 267 g/mol. The van der Waals surface area contributed by atoms with Crippen molar-refractivity contribution in [3.63, 3.8) is 0 Å². The first kappa shape index (κ1) is 12.9. The average Bonchev–Trinajstić information content (AvgIpc) is 2.61. The molecular formula is C13H15ClN2O2. The van der Waals surface area contributed by atoms with Crippen LogP contribution in [0.5, 0.6) is 5.88 Å². The summed E-state index contributed by atoms with van der Waals surface area (Å²) in [5.74, 6) is -0.0710. The summed E-state index contributed by atoms with van der Waals surface area (Å²) in [6, 6.07) is 5.20. The minimum atomic E-state index is -0.0710. The van der Waals surface area contributed by atoms with Gasteiger partial charge in [0.25, 0.3) is 0 Å². The maximum Gasteiger partial charge on any atom is 0.222 e. The monoisotopic (exact) mass is 266 g/mol. The van der Waals surface area contributed by atoms with Crippen LogP contribution in [-0.4, -0.2) is 9.67 Å². The largest absolute Gasteiger partial charge is 0.493 e. The van der Waals surface area contributed by atoms with E-state index in [0.717, 1.165) is 24.8 Å². The highest BCUT2D eigenvalue weighted by Crippen LogP contribution is 2.39. The molecule has 0 saturated carbocycles. The molecule has 0 aliphatic rings. The van der Waals surface area contributed by atoms with Gasteiger partial charge in [0.05, 0.1) is 5.52 Å². The zero-order chi connectivity index (χ0) is 13.1. The quantitative estimate of drug-likeness (QED) is 0.636. The molecule has 1 N–H and O–H groups in total. The van der Waals surface area contributed by atoms with Gasteiger partial charge in [-0.3, -0.25) is 0 Å². The third-order valence-corrected chi connectivity index (χ3v) is 3.28. The number of hydrogen-bond acceptors (Lipinski definition) is 3. The van der Waals surface area contributed by atoms with Crippen LogP contribution < -0.4 is 0 Å². The van der Waals surface area contributed by atoms with Crippen molar-refractivity contribution < 1.29 is 5.11 Å². The van der Waals surface area contributed by atoms with E-state index < -0.39 is 0 Å². The molecule has 5 heteroatoms. The Labute approximate surface area is 110 Å². The van der Waals surface area contributed by atoms with E-state index >= 15 is 0 Å². The zero-order valence-electron chi connectivity index (χ0n) is 10.2. The predicted molar refractivity (Wildman–Crippen MR) is 73.6 cm³/mol. The SMILES string of the molecule is CCCCCn1c(O)c(N=O)c2cc(Cl)ccc21. The second-order valence-corrected chi connectivity index (χ2v) is 4.72. The molecule has 4 nitrogen and oxygen atoms in total. The van der Waals surface area contributed by atoms with Crippen LogP contribution in [0.15, 0.2) is 23.4 Å². The highest BCUT2D eigenvalue weighted by Gasteiger charge is 2.17. The van der Waals surface area contributed by atoms with Crippen molar-refractivity contribution in [2.45, 2.75) is 32.7 Å². The Kier molecular flexibility index (Phi) is 3.87. The van der Waals surface area contributed by atoms with E-state index in [1.54, 1.807) is 22.8 Å². The van der Waals surface area contributed by atoms with Crippen LogP contribution >= 0.6 is 11.6 Å². The van der Waals surface area contributed by atoms with Crippen LogP contribution in [0.1, 0.15) is 26.2 Å². The smallest absolute Gasteiger partial charge is 0.222 e. The number of rotatable bonds is 5. The van der Waals surface area contributed by atoms with Gasteiger partial charge in [-0.05, 0) is 29.8 Å². The summed E-state index contributed by atoms with van der Waals surface area (Å²) in [7, 11) is 0. The standard InChI is InChI=1S/C13H15ClN2O2/c1-2-3-4-7-16-11-6-5-9(14)8-10(11)12(15-18)13(16)17/h5-6,8,17H,2-4,7H2,1H3. The number of aromatic hydroxyl groups is 1. The van der Waals surface area contributed by atoms with Crippen molar-refractivity contribution in [1.82, 2.24) is 4.57 Å². The van der Waals surface area contributed by atoms with Crippen LogP contribution in [0.25, 0.3) is 10.9 Å². The number of hydrogen-bond donors (Lipinski definition) is 1. The Morgan fingerprint density at radius 2 is 2.17 bits per heavy atom. The van der Waals surface area contributed by atoms with Gasteiger partial charge in [-0.1, -0.05) is 31.4 Å². The fourth-order valence-electron chi connectivity index (χ4n) is 2.13. The number of aromatic nitrogens is 1. The summed E-state index contributed by atoms with van der Waals surface area (Å²) in [6.45, 7) is 2.79. The molecule has 0 spiro atoms. The second kappa shape index (κ2) is 5.40. The van der Waals surface area contributed by atoms with Gasteiger partial charge in [0.2, 0.25) is 5.88 Å². The highest BCUT2D eigenvalue weighted by molar-refractivity contribution is 6.31. The third kappa shape index (κ3) is 2.20. The molecule has 1 aromatic heterocycles. The van der Waals surface area contributed by atoms with E-state index in [2.05, 4.69) is 12.1 Å². The van der Waals surface area contributed by atoms with Gasteiger partial charge in [-0.15, -0.1) is 4.91 Å². The van der Waals surface area contributed by atoms with Crippen molar-refractivity contribution in [2.24, 2.45) is 5.18 Å². The van der Waals surface area contributed by atoms with E-state index in [-0.39, 0.29) is 11.6 Å². The van der Waals surface area contributed by atoms with Gasteiger partial charge in [-0.25, -0.2) is 0 Å². The Bertz CT molecular complexity index is 578. The van der Waals surface area contributed by atoms with Crippen molar-refractivity contribution in [3.05, 3.63) is 28.1 Å². The van der Waals surface area contributed by atoms with Crippen molar-refractivity contribution in [3.8, 4) is 5.88 Å². The van der Waals surface area contributed by atoms with Crippen molar-refractivity contribution in [1.29, 1.82) is 0 Å². The molecule has 0 unspecified atom stereocenters. The maximum absolute atomic E-state index is 10.8. The summed E-state index contributed by atoms with van der Waals surface area (Å²) < 4.78 is 1.72. The molecule has 0 amide bonds. The molecule has 2 aromatic rings. The first-order valence-electron chi connectivity index (χ1n) is 6.03. The first-order chi connectivity index (χ1) is 8.69. The highest BCUT2D eigenvalue weighted by atomic mass is 35.5. The second-order valence-electron chi connectivity index (χ2n) is 4.28. The molecule has 0 aliphatic carbocycles. The zero-order valence-corrected chi connectivity index (χ0v) is 10.9. The van der Waals surface area contributed by atoms with Gasteiger partial charge in [0.15, 0.2) is 5.69 Å². The molecule has 0 aliphatic heterocycles. The molecule has 0 radical (unpaired) electrons. The Hall–Kier alpha value is -1.55. The number of halogens is 1. The predicted octanol–water partition coefficient (Wildman–Crippen LogP) is 4.59. The topological polar surface area (TPSA) is 54.6 Å². The molecule has 96 valence electrons. The number of aryl methyl sites for hydroxylation is 1. The molecule has 0 atom stereocenters. The Balaban J connectivity index is 2.51. The number of unbranched alkanes of at least 4 members (excludes halogenated alkanes) is 2. The Morgan fingerprint density at radius 3 is 2.83 bits per heavy atom. The molecule has 2 rings (SSSR count). The fraction of sp³-hybridized carbons (Fsp3) is 0.385. The maximum atomic E-state index is 10.8. The summed E-state index contributed by atoms with van der Waals surface area (Å²) in [5.41, 5.74) is 0.867. The lowest BCUT2D eigenvalue weighted by atomic mass is 10.2. The number of nitrogens with zero attached hydrogens (tertiary/aromatic N) is 2. The van der Waals surface area contributed by atoms with Gasteiger partial charge >= 0.3 is 0 Å². The molecule has 1 heterocycles. The molecule has 0 bridgehead atoms. The minimum absolute atomic E-state index is 0.0710. The van der Waals surface area contributed by atoms with Crippen LogP contribution in [0.3, 0.4) is 0 Å². The summed E-state index contributed by atoms with van der Waals surface area (Å²) in [4.78, 5) is 10.8. The summed E-state index contributed by atoms with van der Waals surface area (Å²) in [6.07, 6.45) is 3.13. The van der Waals surface area contributed by atoms with E-state index in [0.29, 0.717) is 17.0 Å². The lowest BCUT2D eigenvalue weighted by Crippen LogP contribution is -1.96. The van der Waals surface area contributed by atoms with Crippen LogP contribution in [-0.2, 0) is 6.54 Å². The van der Waals surface area contributed by atoms with E-state index in [1.807, 2.05) is 0 Å². The first-order valence-corrected chi connectivity index (χ1v) is 6.41. The van der Waals surface area contributed by atoms with Crippen LogP contribution in [0.2, 0.25) is 5.02 Å². The summed E-state index contributed by atoms with van der Waals surface area (Å²) in [5, 5.41) is 14.1. The number of nitroso groups, excluding NO2 is 1. The van der Waals surface area contributed by atoms with E-state index in [1.165, 1.54) is 0 Å². The normalized spacial score (nSPS) is 11.0. The number of fused-ring (bicyclic) bond motifs is 1. The van der Waals surface area contributed by atoms with Gasteiger partial charge in [0, 0.05) is 17.0 Å². The lowest BCUT2D eigenvalue weighted by molar-refractivity contribution is 0.417. The molecule has 0 saturated heterocycles.